The van der Waals surface area contributed by atoms with Crippen LogP contribution in [0.2, 0.25) is 5.02 Å². The van der Waals surface area contributed by atoms with E-state index in [4.69, 9.17) is 16.3 Å². The van der Waals surface area contributed by atoms with E-state index >= 15 is 0 Å². The van der Waals surface area contributed by atoms with Crippen molar-refractivity contribution in [3.63, 3.8) is 0 Å². The van der Waals surface area contributed by atoms with Gasteiger partial charge in [0.25, 0.3) is 0 Å². The lowest BCUT2D eigenvalue weighted by atomic mass is 9.79. The molecule has 2 N–H and O–H groups in total. The van der Waals surface area contributed by atoms with Crippen LogP contribution >= 0.6 is 22.9 Å². The van der Waals surface area contributed by atoms with Crippen LogP contribution in [0, 0.1) is 12.3 Å². The minimum atomic E-state index is -0.484. The Kier molecular flexibility index (Phi) is 6.29. The minimum absolute atomic E-state index is 0.00102. The number of hydrogen-bond donors (Lipinski definition) is 2. The highest BCUT2D eigenvalue weighted by Gasteiger charge is 2.40. The number of anilines is 1. The summed E-state index contributed by atoms with van der Waals surface area (Å²) in [4.78, 5) is 18.6. The van der Waals surface area contributed by atoms with E-state index in [9.17, 15) is 4.79 Å². The van der Waals surface area contributed by atoms with E-state index in [0.29, 0.717) is 18.2 Å². The molecule has 2 aromatic rings. The fourth-order valence-corrected chi connectivity index (χ4v) is 4.49. The average Bonchev–Trinajstić information content (AvgIpc) is 2.97. The molecule has 1 fully saturated rings. The first-order valence-electron chi connectivity index (χ1n) is 8.75. The lowest BCUT2D eigenvalue weighted by Gasteiger charge is -2.35. The number of thiazole rings is 1. The topological polar surface area (TPSA) is 63.2 Å². The minimum Gasteiger partial charge on any atom is -0.384 e. The molecule has 0 spiro atoms. The normalized spacial score (nSPS) is 16.4. The van der Waals surface area contributed by atoms with Gasteiger partial charge in [0.15, 0.2) is 5.13 Å². The van der Waals surface area contributed by atoms with Gasteiger partial charge >= 0.3 is 0 Å². The highest BCUT2D eigenvalue weighted by molar-refractivity contribution is 7.15. The number of nitrogens with one attached hydrogen (secondary N) is 2. The third kappa shape index (κ3) is 4.26. The molecule has 7 heteroatoms. The average molecular weight is 394 g/mol. The van der Waals surface area contributed by atoms with Gasteiger partial charge in [-0.25, -0.2) is 4.98 Å². The Hall–Kier alpha value is -1.47. The Bertz CT molecular complexity index is 766. The van der Waals surface area contributed by atoms with Crippen LogP contribution in [-0.4, -0.2) is 37.7 Å². The van der Waals surface area contributed by atoms with E-state index in [1.165, 1.54) is 11.3 Å². The first kappa shape index (κ1) is 19.3. The van der Waals surface area contributed by atoms with Crippen molar-refractivity contribution in [1.82, 2.24) is 10.3 Å². The number of hydrogen-bond acceptors (Lipinski definition) is 5. The molecule has 140 valence electrons. The Morgan fingerprint density at radius 1 is 1.38 bits per heavy atom. The van der Waals surface area contributed by atoms with Gasteiger partial charge in [-0.2, -0.15) is 0 Å². The monoisotopic (exact) mass is 393 g/mol. The molecule has 0 saturated carbocycles. The molecule has 3 rings (SSSR count). The number of rotatable bonds is 6. The van der Waals surface area contributed by atoms with Gasteiger partial charge in [0, 0.05) is 23.4 Å². The standard InChI is InChI=1S/C19H24ClN3O2S/c1-13-16(11-14-5-3-4-6-15(14)20)26-18(22-13)23-17(24)19(12-25-2)7-9-21-10-8-19/h3-6,21H,7-12H2,1-2H3,(H,22,23,24). The number of aromatic nitrogens is 1. The predicted molar refractivity (Wildman–Crippen MR) is 106 cm³/mol. The molecule has 0 unspecified atom stereocenters. The van der Waals surface area contributed by atoms with Gasteiger partial charge in [-0.05, 0) is 44.5 Å². The van der Waals surface area contributed by atoms with E-state index < -0.39 is 5.41 Å². The summed E-state index contributed by atoms with van der Waals surface area (Å²) in [6, 6.07) is 7.81. The molecule has 0 aliphatic carbocycles. The van der Waals surface area contributed by atoms with E-state index in [1.807, 2.05) is 31.2 Å². The Balaban J connectivity index is 1.74. The molecule has 2 heterocycles. The largest absolute Gasteiger partial charge is 0.384 e. The van der Waals surface area contributed by atoms with Crippen LogP contribution in [0.15, 0.2) is 24.3 Å². The van der Waals surface area contributed by atoms with Crippen LogP contribution in [0.1, 0.15) is 29.0 Å². The number of ether oxygens (including phenoxy) is 1. The number of piperidine rings is 1. The molecule has 1 aliphatic heterocycles. The SMILES string of the molecule is COCC1(C(=O)Nc2nc(C)c(Cc3ccccc3Cl)s2)CCNCC1. The van der Waals surface area contributed by atoms with Crippen molar-refractivity contribution >= 4 is 34.0 Å². The molecular formula is C19H24ClN3O2S. The second-order valence-corrected chi connectivity index (χ2v) is 8.20. The van der Waals surface area contributed by atoms with E-state index in [-0.39, 0.29) is 5.91 Å². The lowest BCUT2D eigenvalue weighted by molar-refractivity contribution is -0.130. The fraction of sp³-hybridized carbons (Fsp3) is 0.474. The maximum atomic E-state index is 12.9. The Labute approximate surface area is 163 Å². The summed E-state index contributed by atoms with van der Waals surface area (Å²) < 4.78 is 5.34. The first-order valence-corrected chi connectivity index (χ1v) is 9.94. The van der Waals surface area contributed by atoms with Crippen LogP contribution in [-0.2, 0) is 16.0 Å². The Morgan fingerprint density at radius 2 is 2.12 bits per heavy atom. The van der Waals surface area contributed by atoms with Crippen LogP contribution in [0.3, 0.4) is 0 Å². The van der Waals surface area contributed by atoms with E-state index in [1.54, 1.807) is 7.11 Å². The number of amides is 1. The fourth-order valence-electron chi connectivity index (χ4n) is 3.31. The third-order valence-corrected chi connectivity index (χ3v) is 6.33. The summed E-state index contributed by atoms with van der Waals surface area (Å²) in [6.07, 6.45) is 2.25. The summed E-state index contributed by atoms with van der Waals surface area (Å²) in [5, 5.41) is 7.72. The van der Waals surface area contributed by atoms with Gasteiger partial charge in [-0.1, -0.05) is 29.8 Å². The number of halogens is 1. The number of aryl methyl sites for hydroxylation is 1. The first-order chi connectivity index (χ1) is 12.5. The second-order valence-electron chi connectivity index (χ2n) is 6.71. The highest BCUT2D eigenvalue weighted by Crippen LogP contribution is 2.33. The van der Waals surface area contributed by atoms with Crippen molar-refractivity contribution < 1.29 is 9.53 Å². The molecular weight excluding hydrogens is 370 g/mol. The summed E-state index contributed by atoms with van der Waals surface area (Å²) in [6.45, 7) is 4.04. The zero-order valence-corrected chi connectivity index (χ0v) is 16.7. The number of methoxy groups -OCH3 is 1. The quantitative estimate of drug-likeness (QED) is 0.786. The van der Waals surface area contributed by atoms with Gasteiger partial charge in [0.05, 0.1) is 17.7 Å². The van der Waals surface area contributed by atoms with Gasteiger partial charge in [0.1, 0.15) is 0 Å². The zero-order valence-electron chi connectivity index (χ0n) is 15.1. The molecule has 0 bridgehead atoms. The maximum absolute atomic E-state index is 12.9. The zero-order chi connectivity index (χ0) is 18.6. The number of carbonyl (C=O) groups is 1. The van der Waals surface area contributed by atoms with Gasteiger partial charge in [-0.15, -0.1) is 11.3 Å². The Morgan fingerprint density at radius 3 is 2.81 bits per heavy atom. The number of benzene rings is 1. The second kappa shape index (κ2) is 8.48. The van der Waals surface area contributed by atoms with Crippen molar-refractivity contribution in [3.05, 3.63) is 45.4 Å². The summed E-state index contributed by atoms with van der Waals surface area (Å²) in [5.41, 5.74) is 1.51. The summed E-state index contributed by atoms with van der Waals surface area (Å²) in [7, 11) is 1.65. The molecule has 0 radical (unpaired) electrons. The summed E-state index contributed by atoms with van der Waals surface area (Å²) in [5.74, 6) is -0.00102. The van der Waals surface area contributed by atoms with Gasteiger partial charge in [0.2, 0.25) is 5.91 Å². The van der Waals surface area contributed by atoms with Crippen molar-refractivity contribution in [1.29, 1.82) is 0 Å². The molecule has 26 heavy (non-hydrogen) atoms. The van der Waals surface area contributed by atoms with Crippen LogP contribution in [0.4, 0.5) is 5.13 Å². The van der Waals surface area contributed by atoms with Gasteiger partial charge < -0.3 is 15.4 Å². The van der Waals surface area contributed by atoms with Crippen LogP contribution in [0.25, 0.3) is 0 Å². The number of carbonyl (C=O) groups excluding carboxylic acids is 1. The predicted octanol–water partition coefficient (Wildman–Crippen LogP) is 3.65. The molecule has 1 aliphatic rings. The lowest BCUT2D eigenvalue weighted by Crippen LogP contribution is -2.47. The third-order valence-electron chi connectivity index (χ3n) is 4.88. The molecule has 1 saturated heterocycles. The van der Waals surface area contributed by atoms with Crippen molar-refractivity contribution in [2.45, 2.75) is 26.2 Å². The van der Waals surface area contributed by atoms with Crippen molar-refractivity contribution in [2.75, 3.05) is 32.1 Å². The van der Waals surface area contributed by atoms with Crippen LogP contribution in [0.5, 0.6) is 0 Å². The maximum Gasteiger partial charge on any atom is 0.234 e. The van der Waals surface area contributed by atoms with E-state index in [0.717, 1.165) is 47.1 Å². The smallest absolute Gasteiger partial charge is 0.234 e. The molecule has 5 nitrogen and oxygen atoms in total. The summed E-state index contributed by atoms with van der Waals surface area (Å²) >= 11 is 7.78. The van der Waals surface area contributed by atoms with Gasteiger partial charge in [-0.3, -0.25) is 4.79 Å². The van der Waals surface area contributed by atoms with Crippen LogP contribution < -0.4 is 10.6 Å². The molecule has 1 aromatic carbocycles. The molecule has 0 atom stereocenters. The highest BCUT2D eigenvalue weighted by atomic mass is 35.5. The molecule has 1 amide bonds. The number of nitrogens with zero attached hydrogens (tertiary/aromatic N) is 1. The van der Waals surface area contributed by atoms with E-state index in [2.05, 4.69) is 15.6 Å². The molecule has 1 aromatic heterocycles. The van der Waals surface area contributed by atoms with Crippen molar-refractivity contribution in [2.24, 2.45) is 5.41 Å². The van der Waals surface area contributed by atoms with Crippen molar-refractivity contribution in [3.8, 4) is 0 Å².